The van der Waals surface area contributed by atoms with Gasteiger partial charge in [0.25, 0.3) is 0 Å². The van der Waals surface area contributed by atoms with Gasteiger partial charge in [0.1, 0.15) is 5.82 Å². The molecule has 1 fully saturated rings. The molecular weight excluding hydrogens is 334 g/mol. The van der Waals surface area contributed by atoms with E-state index in [1.807, 2.05) is 42.6 Å². The van der Waals surface area contributed by atoms with E-state index >= 15 is 0 Å². The quantitative estimate of drug-likeness (QED) is 0.674. The van der Waals surface area contributed by atoms with E-state index in [1.165, 1.54) is 0 Å². The van der Waals surface area contributed by atoms with Crippen molar-refractivity contribution in [2.45, 2.75) is 13.5 Å². The number of pyridine rings is 1. The molecule has 1 aromatic carbocycles. The Labute approximate surface area is 154 Å². The number of nitrogens with zero attached hydrogens (tertiary/aromatic N) is 4. The van der Waals surface area contributed by atoms with Crippen LogP contribution < -0.4 is 10.2 Å². The maximum Gasteiger partial charge on any atom is 0.194 e. The fraction of sp³-hybridized carbons (Fsp3) is 0.368. The SMILES string of the molecule is CCNC(=NCc1ccccc1Cl)N1CCN(c2ccccn2)CC1. The van der Waals surface area contributed by atoms with Crippen molar-refractivity contribution in [3.63, 3.8) is 0 Å². The Balaban J connectivity index is 1.64. The molecule has 25 heavy (non-hydrogen) atoms. The van der Waals surface area contributed by atoms with E-state index in [4.69, 9.17) is 16.6 Å². The summed E-state index contributed by atoms with van der Waals surface area (Å²) in [5.41, 5.74) is 1.05. The lowest BCUT2D eigenvalue weighted by Crippen LogP contribution is -2.52. The van der Waals surface area contributed by atoms with Crippen LogP contribution in [0.5, 0.6) is 0 Å². The van der Waals surface area contributed by atoms with E-state index in [9.17, 15) is 0 Å². The smallest absolute Gasteiger partial charge is 0.194 e. The van der Waals surface area contributed by atoms with Crippen molar-refractivity contribution in [1.82, 2.24) is 15.2 Å². The van der Waals surface area contributed by atoms with Crippen LogP contribution in [-0.2, 0) is 6.54 Å². The number of guanidine groups is 1. The number of rotatable bonds is 4. The molecule has 1 aliphatic heterocycles. The van der Waals surface area contributed by atoms with Crippen LogP contribution in [0.4, 0.5) is 5.82 Å². The van der Waals surface area contributed by atoms with Crippen molar-refractivity contribution in [2.75, 3.05) is 37.6 Å². The van der Waals surface area contributed by atoms with Crippen molar-refractivity contribution in [2.24, 2.45) is 4.99 Å². The van der Waals surface area contributed by atoms with Gasteiger partial charge in [0.15, 0.2) is 5.96 Å². The lowest BCUT2D eigenvalue weighted by atomic mass is 10.2. The first-order chi connectivity index (χ1) is 12.3. The third-order valence-corrected chi connectivity index (χ3v) is 4.61. The number of anilines is 1. The van der Waals surface area contributed by atoms with E-state index in [1.54, 1.807) is 0 Å². The van der Waals surface area contributed by atoms with E-state index in [-0.39, 0.29) is 0 Å². The van der Waals surface area contributed by atoms with Gasteiger partial charge in [-0.3, -0.25) is 0 Å². The molecule has 2 aromatic rings. The molecule has 132 valence electrons. The van der Waals surface area contributed by atoms with E-state index in [2.05, 4.69) is 33.1 Å². The minimum atomic E-state index is 0.586. The Kier molecular flexibility index (Phi) is 6.12. The minimum absolute atomic E-state index is 0.586. The summed E-state index contributed by atoms with van der Waals surface area (Å²) in [5, 5.41) is 4.16. The second kappa shape index (κ2) is 8.72. The molecule has 0 saturated carbocycles. The standard InChI is InChI=1S/C19H24ClN5/c1-2-21-19(23-15-16-7-3-4-8-17(16)20)25-13-11-24(12-14-25)18-9-5-6-10-22-18/h3-10H,2,11-15H2,1H3,(H,21,23). The van der Waals surface area contributed by atoms with E-state index in [0.29, 0.717) is 6.54 Å². The summed E-state index contributed by atoms with van der Waals surface area (Å²) in [6.45, 7) is 7.25. The van der Waals surface area contributed by atoms with Gasteiger partial charge in [0.2, 0.25) is 0 Å². The zero-order chi connectivity index (χ0) is 17.5. The lowest BCUT2D eigenvalue weighted by molar-refractivity contribution is 0.371. The number of hydrogen-bond acceptors (Lipinski definition) is 3. The first-order valence-corrected chi connectivity index (χ1v) is 9.08. The summed E-state index contributed by atoms with van der Waals surface area (Å²) in [6, 6.07) is 13.9. The predicted octanol–water partition coefficient (Wildman–Crippen LogP) is 3.02. The predicted molar refractivity (Wildman–Crippen MR) is 104 cm³/mol. The summed E-state index contributed by atoms with van der Waals surface area (Å²) in [4.78, 5) is 13.8. The summed E-state index contributed by atoms with van der Waals surface area (Å²) < 4.78 is 0. The van der Waals surface area contributed by atoms with Gasteiger partial charge in [-0.25, -0.2) is 9.98 Å². The van der Waals surface area contributed by atoms with Crippen LogP contribution in [0, 0.1) is 0 Å². The van der Waals surface area contributed by atoms with Crippen LogP contribution >= 0.6 is 11.6 Å². The fourth-order valence-corrected chi connectivity index (χ4v) is 3.10. The number of hydrogen-bond donors (Lipinski definition) is 1. The first-order valence-electron chi connectivity index (χ1n) is 8.70. The molecular formula is C19H24ClN5. The third kappa shape index (κ3) is 4.63. The molecule has 0 radical (unpaired) electrons. The Morgan fingerprint density at radius 2 is 1.88 bits per heavy atom. The molecule has 6 heteroatoms. The molecule has 3 rings (SSSR count). The van der Waals surface area contributed by atoms with Gasteiger partial charge in [0, 0.05) is 43.9 Å². The molecule has 5 nitrogen and oxygen atoms in total. The van der Waals surface area contributed by atoms with Gasteiger partial charge in [-0.05, 0) is 30.7 Å². The third-order valence-electron chi connectivity index (χ3n) is 4.24. The summed E-state index contributed by atoms with van der Waals surface area (Å²) in [5.74, 6) is 1.99. The molecule has 2 heterocycles. The maximum absolute atomic E-state index is 6.24. The Morgan fingerprint density at radius 3 is 2.56 bits per heavy atom. The van der Waals surface area contributed by atoms with Crippen LogP contribution in [0.3, 0.4) is 0 Å². The molecule has 0 aliphatic carbocycles. The number of aliphatic imine (C=N–C) groups is 1. The van der Waals surface area contributed by atoms with Gasteiger partial charge >= 0.3 is 0 Å². The van der Waals surface area contributed by atoms with Crippen molar-refractivity contribution in [3.05, 3.63) is 59.2 Å². The summed E-state index contributed by atoms with van der Waals surface area (Å²) >= 11 is 6.24. The topological polar surface area (TPSA) is 43.8 Å². The van der Waals surface area contributed by atoms with Gasteiger partial charge in [-0.15, -0.1) is 0 Å². The molecule has 0 amide bonds. The van der Waals surface area contributed by atoms with Gasteiger partial charge in [-0.1, -0.05) is 35.9 Å². The summed E-state index contributed by atoms with van der Waals surface area (Å²) in [7, 11) is 0. The van der Waals surface area contributed by atoms with Crippen LogP contribution in [0.25, 0.3) is 0 Å². The van der Waals surface area contributed by atoms with Crippen molar-refractivity contribution in [1.29, 1.82) is 0 Å². The number of aromatic nitrogens is 1. The first kappa shape index (κ1) is 17.5. The highest BCUT2D eigenvalue weighted by Gasteiger charge is 2.20. The van der Waals surface area contributed by atoms with E-state index < -0.39 is 0 Å². The molecule has 0 atom stereocenters. The number of halogens is 1. The van der Waals surface area contributed by atoms with Gasteiger partial charge in [-0.2, -0.15) is 0 Å². The zero-order valence-electron chi connectivity index (χ0n) is 14.5. The van der Waals surface area contributed by atoms with E-state index in [0.717, 1.165) is 55.1 Å². The van der Waals surface area contributed by atoms with Crippen LogP contribution in [0.1, 0.15) is 12.5 Å². The largest absolute Gasteiger partial charge is 0.357 e. The van der Waals surface area contributed by atoms with Crippen molar-refractivity contribution in [3.8, 4) is 0 Å². The number of benzene rings is 1. The average molecular weight is 358 g/mol. The van der Waals surface area contributed by atoms with Crippen molar-refractivity contribution < 1.29 is 0 Å². The number of piperazine rings is 1. The highest BCUT2D eigenvalue weighted by atomic mass is 35.5. The second-order valence-electron chi connectivity index (χ2n) is 5.92. The van der Waals surface area contributed by atoms with Crippen molar-refractivity contribution >= 4 is 23.4 Å². The highest BCUT2D eigenvalue weighted by molar-refractivity contribution is 6.31. The minimum Gasteiger partial charge on any atom is -0.357 e. The Hall–Kier alpha value is -2.27. The monoisotopic (exact) mass is 357 g/mol. The lowest BCUT2D eigenvalue weighted by Gasteiger charge is -2.37. The molecule has 0 bridgehead atoms. The zero-order valence-corrected chi connectivity index (χ0v) is 15.3. The molecule has 0 spiro atoms. The second-order valence-corrected chi connectivity index (χ2v) is 6.33. The summed E-state index contributed by atoms with van der Waals surface area (Å²) in [6.07, 6.45) is 1.84. The maximum atomic E-state index is 6.24. The van der Waals surface area contributed by atoms with Crippen LogP contribution in [0.15, 0.2) is 53.7 Å². The Bertz CT molecular complexity index is 696. The van der Waals surface area contributed by atoms with Gasteiger partial charge < -0.3 is 15.1 Å². The molecule has 1 saturated heterocycles. The average Bonchev–Trinajstić information content (AvgIpc) is 2.67. The molecule has 1 N–H and O–H groups in total. The fourth-order valence-electron chi connectivity index (χ4n) is 2.90. The number of nitrogens with one attached hydrogen (secondary N) is 1. The Morgan fingerprint density at radius 1 is 1.12 bits per heavy atom. The normalized spacial score (nSPS) is 15.4. The highest BCUT2D eigenvalue weighted by Crippen LogP contribution is 2.16. The molecule has 0 unspecified atom stereocenters. The van der Waals surface area contributed by atoms with Crippen LogP contribution in [0.2, 0.25) is 5.02 Å². The molecule has 1 aromatic heterocycles. The van der Waals surface area contributed by atoms with Gasteiger partial charge in [0.05, 0.1) is 6.54 Å². The van der Waals surface area contributed by atoms with Crippen LogP contribution in [-0.4, -0.2) is 48.6 Å². The molecule has 1 aliphatic rings.